The number of phenolic OH excluding ortho intramolecular Hbond substituents is 2. The summed E-state index contributed by atoms with van der Waals surface area (Å²) in [5.74, 6) is -0.515. The first-order valence-electron chi connectivity index (χ1n) is 13.5. The van der Waals surface area contributed by atoms with Crippen molar-refractivity contribution >= 4 is 11.8 Å². The third-order valence-electron chi connectivity index (χ3n) is 6.66. The number of nitrogens with one attached hydrogen (secondary N) is 1. The van der Waals surface area contributed by atoms with Crippen molar-refractivity contribution in [1.82, 2.24) is 15.4 Å². The van der Waals surface area contributed by atoms with Crippen LogP contribution >= 0.6 is 0 Å². The van der Waals surface area contributed by atoms with Crippen LogP contribution in [0.2, 0.25) is 0 Å². The van der Waals surface area contributed by atoms with Gasteiger partial charge in [0.15, 0.2) is 11.5 Å². The Balaban J connectivity index is 1.83. The number of carbonyl (C=O) groups is 2. The van der Waals surface area contributed by atoms with Gasteiger partial charge in [0.25, 0.3) is 5.91 Å². The standard InChI is InChI=1S/C30H40N4O5/c1-5-32-30(38)28-27(29(39-33-28)23-16-22(19(2)3)24(35)17-25(23)36)21-13-11-20(12-14-21)18-34(4)15-9-7-6-8-10-26(31)37/h11-14,16-17,19,35-36H,5-10,15,18H2,1-4H3,(H2,31,37)(H,32,38). The lowest BCUT2D eigenvalue weighted by molar-refractivity contribution is -0.118. The number of nitrogens with zero attached hydrogens (tertiary/aromatic N) is 2. The van der Waals surface area contributed by atoms with Gasteiger partial charge in [-0.15, -0.1) is 0 Å². The van der Waals surface area contributed by atoms with Crippen LogP contribution in [0.3, 0.4) is 0 Å². The van der Waals surface area contributed by atoms with E-state index in [1.165, 1.54) is 6.07 Å². The maximum absolute atomic E-state index is 12.8. The van der Waals surface area contributed by atoms with Crippen molar-refractivity contribution in [2.75, 3.05) is 20.1 Å². The van der Waals surface area contributed by atoms with Crippen molar-refractivity contribution < 1.29 is 24.3 Å². The number of hydrogen-bond donors (Lipinski definition) is 4. The molecular formula is C30H40N4O5. The Bertz CT molecular complexity index is 1270. The smallest absolute Gasteiger partial charge is 0.274 e. The van der Waals surface area contributed by atoms with Gasteiger partial charge in [-0.1, -0.05) is 56.1 Å². The van der Waals surface area contributed by atoms with Gasteiger partial charge in [0.2, 0.25) is 5.91 Å². The molecule has 0 aliphatic heterocycles. The molecule has 210 valence electrons. The lowest BCUT2D eigenvalue weighted by atomic mass is 9.94. The number of hydrogen-bond acceptors (Lipinski definition) is 7. The number of phenols is 2. The maximum atomic E-state index is 12.8. The summed E-state index contributed by atoms with van der Waals surface area (Å²) < 4.78 is 5.65. The summed E-state index contributed by atoms with van der Waals surface area (Å²) in [7, 11) is 2.07. The summed E-state index contributed by atoms with van der Waals surface area (Å²) in [6, 6.07) is 10.8. The summed E-state index contributed by atoms with van der Waals surface area (Å²) in [5.41, 5.74) is 8.65. The second kappa shape index (κ2) is 13.8. The molecule has 3 rings (SSSR count). The fraction of sp³-hybridized carbons (Fsp3) is 0.433. The fourth-order valence-corrected chi connectivity index (χ4v) is 4.58. The molecule has 1 heterocycles. The first kappa shape index (κ1) is 29.7. The van der Waals surface area contributed by atoms with Gasteiger partial charge in [-0.25, -0.2) is 0 Å². The quantitative estimate of drug-likeness (QED) is 0.208. The van der Waals surface area contributed by atoms with E-state index in [0.29, 0.717) is 29.7 Å². The molecule has 3 aromatic rings. The van der Waals surface area contributed by atoms with Crippen molar-refractivity contribution in [3.05, 3.63) is 53.2 Å². The van der Waals surface area contributed by atoms with Crippen LogP contribution in [-0.4, -0.2) is 52.2 Å². The van der Waals surface area contributed by atoms with E-state index in [2.05, 4.69) is 22.4 Å². The highest BCUT2D eigenvalue weighted by atomic mass is 16.5. The van der Waals surface area contributed by atoms with E-state index in [9.17, 15) is 19.8 Å². The van der Waals surface area contributed by atoms with E-state index in [1.54, 1.807) is 6.07 Å². The van der Waals surface area contributed by atoms with Gasteiger partial charge in [0.05, 0.1) is 11.1 Å². The molecule has 0 fully saturated rings. The lowest BCUT2D eigenvalue weighted by Gasteiger charge is -2.17. The zero-order valence-corrected chi connectivity index (χ0v) is 23.3. The van der Waals surface area contributed by atoms with Crippen molar-refractivity contribution in [2.45, 2.75) is 65.3 Å². The fourth-order valence-electron chi connectivity index (χ4n) is 4.58. The van der Waals surface area contributed by atoms with E-state index >= 15 is 0 Å². The summed E-state index contributed by atoms with van der Waals surface area (Å²) in [6.07, 6.45) is 4.38. The van der Waals surface area contributed by atoms with E-state index in [0.717, 1.165) is 49.9 Å². The molecule has 2 amide bonds. The van der Waals surface area contributed by atoms with Crippen LogP contribution in [0.5, 0.6) is 11.5 Å². The Morgan fingerprint density at radius 2 is 1.74 bits per heavy atom. The van der Waals surface area contributed by atoms with Crippen molar-refractivity contribution in [2.24, 2.45) is 5.73 Å². The van der Waals surface area contributed by atoms with E-state index in [4.69, 9.17) is 10.3 Å². The minimum absolute atomic E-state index is 0.00426. The van der Waals surface area contributed by atoms with Crippen LogP contribution in [0, 0.1) is 0 Å². The highest BCUT2D eigenvalue weighted by Crippen LogP contribution is 2.43. The number of carbonyl (C=O) groups excluding carboxylic acids is 2. The molecule has 0 radical (unpaired) electrons. The molecule has 0 atom stereocenters. The number of unbranched alkanes of at least 4 members (excludes halogenated alkanes) is 3. The SMILES string of the molecule is CCNC(=O)c1noc(-c2cc(C(C)C)c(O)cc2O)c1-c1ccc(CN(C)CCCCCCC(N)=O)cc1. The second-order valence-corrected chi connectivity index (χ2v) is 10.2. The first-order chi connectivity index (χ1) is 18.6. The van der Waals surface area contributed by atoms with Gasteiger partial charge in [-0.3, -0.25) is 9.59 Å². The average Bonchev–Trinajstić information content (AvgIpc) is 3.31. The van der Waals surface area contributed by atoms with Crippen LogP contribution < -0.4 is 11.1 Å². The van der Waals surface area contributed by atoms with Gasteiger partial charge in [0, 0.05) is 25.6 Å². The largest absolute Gasteiger partial charge is 0.508 e. The van der Waals surface area contributed by atoms with Crippen LogP contribution in [0.1, 0.15) is 80.4 Å². The summed E-state index contributed by atoms with van der Waals surface area (Å²) >= 11 is 0. The molecule has 9 nitrogen and oxygen atoms in total. The summed E-state index contributed by atoms with van der Waals surface area (Å²) in [4.78, 5) is 25.9. The van der Waals surface area contributed by atoms with Gasteiger partial charge in [0.1, 0.15) is 11.5 Å². The Morgan fingerprint density at radius 1 is 1.05 bits per heavy atom. The molecule has 0 saturated carbocycles. The number of benzene rings is 2. The van der Waals surface area contributed by atoms with Crippen molar-refractivity contribution in [3.8, 4) is 33.9 Å². The second-order valence-electron chi connectivity index (χ2n) is 10.2. The summed E-state index contributed by atoms with van der Waals surface area (Å²) in [5, 5.41) is 27.8. The maximum Gasteiger partial charge on any atom is 0.274 e. The van der Waals surface area contributed by atoms with E-state index in [1.807, 2.05) is 45.0 Å². The number of primary amides is 1. The van der Waals surface area contributed by atoms with Crippen molar-refractivity contribution in [3.63, 3.8) is 0 Å². The van der Waals surface area contributed by atoms with Gasteiger partial charge in [-0.05, 0) is 62.0 Å². The molecular weight excluding hydrogens is 496 g/mol. The van der Waals surface area contributed by atoms with Gasteiger partial charge >= 0.3 is 0 Å². The minimum Gasteiger partial charge on any atom is -0.508 e. The van der Waals surface area contributed by atoms with E-state index < -0.39 is 0 Å². The molecule has 9 heteroatoms. The van der Waals surface area contributed by atoms with Crippen LogP contribution in [0.4, 0.5) is 0 Å². The Hall–Kier alpha value is -3.85. The Kier molecular flexibility index (Phi) is 10.5. The molecule has 0 saturated heterocycles. The van der Waals surface area contributed by atoms with Gasteiger partial charge < -0.3 is 30.7 Å². The molecule has 0 aliphatic carbocycles. The molecule has 0 unspecified atom stereocenters. The predicted octanol–water partition coefficient (Wildman–Crippen LogP) is 5.16. The highest BCUT2D eigenvalue weighted by molar-refractivity contribution is 6.02. The molecule has 39 heavy (non-hydrogen) atoms. The summed E-state index contributed by atoms with van der Waals surface area (Å²) in [6.45, 7) is 7.84. The number of amides is 2. The van der Waals surface area contributed by atoms with Gasteiger partial charge in [-0.2, -0.15) is 0 Å². The molecule has 5 N–H and O–H groups in total. The first-order valence-corrected chi connectivity index (χ1v) is 13.5. The molecule has 0 spiro atoms. The Morgan fingerprint density at radius 3 is 2.38 bits per heavy atom. The molecule has 1 aromatic heterocycles. The van der Waals surface area contributed by atoms with E-state index in [-0.39, 0.29) is 40.7 Å². The zero-order chi connectivity index (χ0) is 28.5. The zero-order valence-electron chi connectivity index (χ0n) is 23.3. The molecule has 0 aliphatic rings. The number of nitrogens with two attached hydrogens (primary N) is 1. The Labute approximate surface area is 230 Å². The topological polar surface area (TPSA) is 142 Å². The monoisotopic (exact) mass is 536 g/mol. The molecule has 2 aromatic carbocycles. The lowest BCUT2D eigenvalue weighted by Crippen LogP contribution is -2.23. The third kappa shape index (κ3) is 7.83. The average molecular weight is 537 g/mol. The van der Waals surface area contributed by atoms with Crippen molar-refractivity contribution in [1.29, 1.82) is 0 Å². The highest BCUT2D eigenvalue weighted by Gasteiger charge is 2.27. The number of rotatable bonds is 14. The van der Waals surface area contributed by atoms with Crippen LogP contribution in [0.25, 0.3) is 22.5 Å². The minimum atomic E-state index is -0.371. The van der Waals surface area contributed by atoms with Crippen LogP contribution in [-0.2, 0) is 11.3 Å². The molecule has 0 bridgehead atoms. The predicted molar refractivity (Wildman–Crippen MR) is 151 cm³/mol. The number of aromatic hydroxyl groups is 2. The third-order valence-corrected chi connectivity index (χ3v) is 6.66. The normalized spacial score (nSPS) is 11.3. The van der Waals surface area contributed by atoms with Crippen LogP contribution in [0.15, 0.2) is 40.9 Å². The number of aromatic nitrogens is 1.